The summed E-state index contributed by atoms with van der Waals surface area (Å²) in [6, 6.07) is 11.4. The molecule has 2 unspecified atom stereocenters. The number of benzene rings is 2. The van der Waals surface area contributed by atoms with Gasteiger partial charge in [-0.3, -0.25) is 4.90 Å². The smallest absolute Gasteiger partial charge is 0.232 e. The molecule has 6 rings (SSSR count). The molecule has 0 radical (unpaired) electrons. The zero-order valence-electron chi connectivity index (χ0n) is 22.0. The van der Waals surface area contributed by atoms with Gasteiger partial charge in [0.2, 0.25) is 12.0 Å². The molecular weight excluding hydrogens is 534 g/mol. The highest BCUT2D eigenvalue weighted by Gasteiger charge is 2.62. The third-order valence-corrected chi connectivity index (χ3v) is 10.1. The fraction of sp³-hybridized carbons (Fsp3) is 0.414. The molecule has 7 nitrogen and oxygen atoms in total. The lowest BCUT2D eigenvalue weighted by molar-refractivity contribution is 0.199. The Bertz CT molecular complexity index is 1510. The maximum atomic E-state index is 13.9. The molecule has 39 heavy (non-hydrogen) atoms. The third kappa shape index (κ3) is 5.41. The van der Waals surface area contributed by atoms with Crippen molar-refractivity contribution in [2.75, 3.05) is 37.1 Å². The molecule has 0 bridgehead atoms. The zero-order chi connectivity index (χ0) is 27.3. The van der Waals surface area contributed by atoms with Crippen molar-refractivity contribution < 1.29 is 8.96 Å². The van der Waals surface area contributed by atoms with Crippen LogP contribution in [0, 0.1) is 24.2 Å². The Balaban J connectivity index is 1.15. The summed E-state index contributed by atoms with van der Waals surface area (Å²) in [6.45, 7) is 12.7. The number of rotatable bonds is 6. The first kappa shape index (κ1) is 26.3. The van der Waals surface area contributed by atoms with Crippen molar-refractivity contribution in [3.63, 3.8) is 0 Å². The minimum atomic E-state index is -2.75. The SMILES string of the molecule is [C-]#[N+]C1C2CN([C@H]3CCc4ccc(Nc5ncc(Cl)c(Nc6ccc(F)cc6P(C)(C)=O)n5)cc4CC3)CC21. The van der Waals surface area contributed by atoms with Crippen LogP contribution in [0.2, 0.25) is 5.02 Å². The summed E-state index contributed by atoms with van der Waals surface area (Å²) in [5.74, 6) is 1.48. The number of piperidine rings is 1. The molecule has 0 spiro atoms. The van der Waals surface area contributed by atoms with Gasteiger partial charge < -0.3 is 20.0 Å². The van der Waals surface area contributed by atoms with Gasteiger partial charge in [-0.1, -0.05) is 17.7 Å². The summed E-state index contributed by atoms with van der Waals surface area (Å²) < 4.78 is 26.6. The van der Waals surface area contributed by atoms with Gasteiger partial charge >= 0.3 is 0 Å². The Morgan fingerprint density at radius 2 is 1.82 bits per heavy atom. The van der Waals surface area contributed by atoms with Gasteiger partial charge in [-0.05, 0) is 80.5 Å². The van der Waals surface area contributed by atoms with E-state index >= 15 is 0 Å². The Hall–Kier alpha value is -2.98. The lowest BCUT2D eigenvalue weighted by Crippen LogP contribution is -2.36. The summed E-state index contributed by atoms with van der Waals surface area (Å²) in [5, 5.41) is 7.11. The van der Waals surface area contributed by atoms with Gasteiger partial charge in [0, 0.05) is 30.1 Å². The Morgan fingerprint density at radius 3 is 2.54 bits per heavy atom. The molecular formula is C29H31ClFN6OP. The molecule has 3 atom stereocenters. The van der Waals surface area contributed by atoms with Crippen molar-refractivity contribution in [1.82, 2.24) is 14.9 Å². The predicted octanol–water partition coefficient (Wildman–Crippen LogP) is 6.10. The van der Waals surface area contributed by atoms with Gasteiger partial charge in [-0.25, -0.2) is 15.9 Å². The standard InChI is InChI=1S/C29H31ClFN6OP/c1-32-27-22-15-37(16-23(22)27)21-9-5-17-4-8-20(12-18(17)6-10-21)34-29-33-14-24(30)28(36-29)35-25-11-7-19(31)13-26(25)39(2,3)38/h4,7-8,11-14,21-23,27H,5-6,9-10,15-16H2,2-3H3,(H2,33,34,35,36)/t21-,22?,23?,27?/m0/s1. The molecule has 202 valence electrons. The Morgan fingerprint density at radius 1 is 1.08 bits per heavy atom. The van der Waals surface area contributed by atoms with Crippen LogP contribution in [0.4, 0.5) is 27.5 Å². The Labute approximate surface area is 233 Å². The first-order valence-electron chi connectivity index (χ1n) is 13.3. The minimum Gasteiger partial charge on any atom is -0.338 e. The summed E-state index contributed by atoms with van der Waals surface area (Å²) in [5.41, 5.74) is 4.13. The molecule has 2 N–H and O–H groups in total. The highest BCUT2D eigenvalue weighted by atomic mass is 35.5. The molecule has 10 heteroatoms. The number of nitrogens with zero attached hydrogens (tertiary/aromatic N) is 4. The highest BCUT2D eigenvalue weighted by molar-refractivity contribution is 7.70. The van der Waals surface area contributed by atoms with E-state index in [0.717, 1.165) is 44.5 Å². The van der Waals surface area contributed by atoms with Crippen molar-refractivity contribution in [2.45, 2.75) is 37.8 Å². The summed E-state index contributed by atoms with van der Waals surface area (Å²) in [7, 11) is -2.75. The molecule has 3 aromatic rings. The third-order valence-electron chi connectivity index (χ3n) is 8.34. The molecule has 2 heterocycles. The predicted molar refractivity (Wildman–Crippen MR) is 155 cm³/mol. The summed E-state index contributed by atoms with van der Waals surface area (Å²) in [4.78, 5) is 15.3. The number of anilines is 4. The zero-order valence-corrected chi connectivity index (χ0v) is 23.6. The molecule has 2 aromatic carbocycles. The Kier molecular flexibility index (Phi) is 6.87. The van der Waals surface area contributed by atoms with Crippen LogP contribution in [0.1, 0.15) is 24.0 Å². The molecule has 2 fully saturated rings. The molecule has 3 aliphatic rings. The average molecular weight is 565 g/mol. The van der Waals surface area contributed by atoms with E-state index in [1.54, 1.807) is 19.4 Å². The van der Waals surface area contributed by atoms with Crippen LogP contribution < -0.4 is 15.9 Å². The maximum absolute atomic E-state index is 13.9. The second-order valence-corrected chi connectivity index (χ2v) is 14.9. The van der Waals surface area contributed by atoms with Crippen LogP contribution in [-0.4, -0.2) is 53.4 Å². The van der Waals surface area contributed by atoms with Crippen LogP contribution >= 0.6 is 18.7 Å². The van der Waals surface area contributed by atoms with Crippen LogP contribution in [0.5, 0.6) is 0 Å². The molecule has 1 saturated heterocycles. The number of aryl methyl sites for hydroxylation is 2. The van der Waals surface area contributed by atoms with Crippen molar-refractivity contribution in [3.05, 3.63) is 76.0 Å². The number of halogens is 2. The molecule has 1 aliphatic heterocycles. The van der Waals surface area contributed by atoms with E-state index in [9.17, 15) is 8.96 Å². The molecule has 1 aromatic heterocycles. The number of aromatic nitrogens is 2. The fourth-order valence-corrected chi connectivity index (χ4v) is 7.46. The van der Waals surface area contributed by atoms with Gasteiger partial charge in [-0.2, -0.15) is 4.98 Å². The molecule has 0 amide bonds. The number of likely N-dealkylation sites (tertiary alicyclic amines) is 1. The molecule has 2 aliphatic carbocycles. The average Bonchev–Trinajstić information content (AvgIpc) is 3.46. The van der Waals surface area contributed by atoms with Crippen LogP contribution in [0.25, 0.3) is 4.85 Å². The van der Waals surface area contributed by atoms with E-state index in [-0.39, 0.29) is 6.04 Å². The normalized spacial score (nSPS) is 24.3. The van der Waals surface area contributed by atoms with Gasteiger partial charge in [0.05, 0.1) is 23.7 Å². The van der Waals surface area contributed by atoms with E-state index in [4.69, 9.17) is 18.2 Å². The number of nitrogens with one attached hydrogen (secondary N) is 2. The van der Waals surface area contributed by atoms with E-state index in [2.05, 4.69) is 48.5 Å². The lowest BCUT2D eigenvalue weighted by Gasteiger charge is -2.27. The summed E-state index contributed by atoms with van der Waals surface area (Å²) in [6.07, 6.45) is 5.87. The van der Waals surface area contributed by atoms with Gasteiger partial charge in [-0.15, -0.1) is 0 Å². The van der Waals surface area contributed by atoms with Crippen molar-refractivity contribution in [3.8, 4) is 0 Å². The van der Waals surface area contributed by atoms with Crippen molar-refractivity contribution in [1.29, 1.82) is 0 Å². The van der Waals surface area contributed by atoms with Crippen molar-refractivity contribution >= 4 is 47.2 Å². The van der Waals surface area contributed by atoms with E-state index in [1.807, 2.05) is 0 Å². The molecule has 1 saturated carbocycles. The lowest BCUT2D eigenvalue weighted by atomic mass is 10.0. The van der Waals surface area contributed by atoms with Crippen LogP contribution in [0.3, 0.4) is 0 Å². The van der Waals surface area contributed by atoms with Crippen LogP contribution in [-0.2, 0) is 17.4 Å². The second-order valence-electron chi connectivity index (χ2n) is 11.3. The summed E-state index contributed by atoms with van der Waals surface area (Å²) >= 11 is 6.38. The second kappa shape index (κ2) is 10.2. The number of hydrogen-bond donors (Lipinski definition) is 2. The van der Waals surface area contributed by atoms with Crippen LogP contribution in [0.15, 0.2) is 42.6 Å². The topological polar surface area (TPSA) is 74.5 Å². The van der Waals surface area contributed by atoms with Gasteiger partial charge in [0.15, 0.2) is 5.82 Å². The van der Waals surface area contributed by atoms with E-state index in [1.165, 1.54) is 29.5 Å². The highest BCUT2D eigenvalue weighted by Crippen LogP contribution is 2.49. The first-order chi connectivity index (χ1) is 18.7. The van der Waals surface area contributed by atoms with Gasteiger partial charge in [0.25, 0.3) is 0 Å². The van der Waals surface area contributed by atoms with Gasteiger partial charge in [0.1, 0.15) is 18.0 Å². The van der Waals surface area contributed by atoms with E-state index in [0.29, 0.717) is 45.7 Å². The first-order valence-corrected chi connectivity index (χ1v) is 16.3. The largest absolute Gasteiger partial charge is 0.338 e. The van der Waals surface area contributed by atoms with E-state index < -0.39 is 13.0 Å². The van der Waals surface area contributed by atoms with Crippen molar-refractivity contribution in [2.24, 2.45) is 11.8 Å². The fourth-order valence-electron chi connectivity index (χ4n) is 6.18. The maximum Gasteiger partial charge on any atom is 0.232 e. The minimum absolute atomic E-state index is 0.279. The number of hydrogen-bond acceptors (Lipinski definition) is 6. The monoisotopic (exact) mass is 564 g/mol. The number of fused-ring (bicyclic) bond motifs is 2. The quantitative estimate of drug-likeness (QED) is 0.214.